The zero-order chi connectivity index (χ0) is 18.7. The molecular weight excluding hydrogens is 378 g/mol. The number of likely N-dealkylation sites (tertiary alicyclic amines) is 1. The van der Waals surface area contributed by atoms with Gasteiger partial charge in [-0.3, -0.25) is 15.0 Å². The maximum Gasteiger partial charge on any atom is 0.290 e. The summed E-state index contributed by atoms with van der Waals surface area (Å²) in [5.41, 5.74) is -0.464. The number of sulfonamides is 1. The zero-order valence-electron chi connectivity index (χ0n) is 14.6. The van der Waals surface area contributed by atoms with Gasteiger partial charge in [0, 0.05) is 25.2 Å². The maximum absolute atomic E-state index is 13.1. The molecule has 1 aromatic carbocycles. The van der Waals surface area contributed by atoms with Crippen LogP contribution in [0.3, 0.4) is 0 Å². The van der Waals surface area contributed by atoms with Gasteiger partial charge in [0.15, 0.2) is 4.90 Å². The number of nitro benzene ring substituents is 1. The fraction of sp³-hybridized carbons (Fsp3) is 0.647. The summed E-state index contributed by atoms with van der Waals surface area (Å²) >= 11 is 6.06. The van der Waals surface area contributed by atoms with Gasteiger partial charge in [0.05, 0.1) is 9.95 Å². The molecule has 26 heavy (non-hydrogen) atoms. The highest BCUT2D eigenvalue weighted by atomic mass is 35.5. The van der Waals surface area contributed by atoms with Crippen LogP contribution in [0, 0.1) is 10.1 Å². The van der Waals surface area contributed by atoms with E-state index in [1.54, 1.807) is 0 Å². The summed E-state index contributed by atoms with van der Waals surface area (Å²) in [6, 6.07) is 4.14. The van der Waals surface area contributed by atoms with Crippen molar-refractivity contribution in [2.45, 2.75) is 49.5 Å². The van der Waals surface area contributed by atoms with Gasteiger partial charge in [-0.15, -0.1) is 0 Å². The average Bonchev–Trinajstić information content (AvgIpc) is 2.90. The molecule has 1 aromatic rings. The lowest BCUT2D eigenvalue weighted by Gasteiger charge is -2.38. The van der Waals surface area contributed by atoms with Gasteiger partial charge in [-0.25, -0.2) is 8.42 Å². The minimum atomic E-state index is -4.02. The number of piperidine rings is 1. The minimum absolute atomic E-state index is 0.101. The monoisotopic (exact) mass is 401 g/mol. The van der Waals surface area contributed by atoms with E-state index in [1.165, 1.54) is 35.3 Å². The lowest BCUT2D eigenvalue weighted by atomic mass is 10.1. The Morgan fingerprint density at radius 2 is 1.77 bits per heavy atom. The van der Waals surface area contributed by atoms with Crippen LogP contribution in [0.5, 0.6) is 0 Å². The van der Waals surface area contributed by atoms with Crippen molar-refractivity contribution >= 4 is 27.3 Å². The second-order valence-electron chi connectivity index (χ2n) is 6.95. The number of nitro groups is 1. The first-order chi connectivity index (χ1) is 12.4. The molecule has 0 spiro atoms. The molecule has 7 nitrogen and oxygen atoms in total. The number of benzene rings is 1. The summed E-state index contributed by atoms with van der Waals surface area (Å²) in [4.78, 5) is 12.6. The van der Waals surface area contributed by atoms with Crippen LogP contribution in [-0.4, -0.2) is 54.8 Å². The molecule has 2 aliphatic heterocycles. The Labute approximate surface area is 159 Å². The standard InChI is InChI=1S/C17H24ClN3O4S/c18-15-8-5-9-16(21(22)23)17(15)26(24,25)20-12-6-7-14(13-20)19-10-3-1-2-4-11-19/h5,8-9,14H,1-4,6-7,10-13H2. The first kappa shape index (κ1) is 19.5. The van der Waals surface area contributed by atoms with Crippen LogP contribution in [0.2, 0.25) is 5.02 Å². The van der Waals surface area contributed by atoms with Crippen molar-refractivity contribution in [1.29, 1.82) is 0 Å². The minimum Gasteiger partial charge on any atom is -0.299 e. The third-order valence-electron chi connectivity index (χ3n) is 5.26. The van der Waals surface area contributed by atoms with Gasteiger partial charge in [-0.05, 0) is 44.8 Å². The molecular formula is C17H24ClN3O4S. The van der Waals surface area contributed by atoms with E-state index in [-0.39, 0.29) is 16.0 Å². The Hall–Kier alpha value is -1.22. The normalized spacial score (nSPS) is 23.5. The summed E-state index contributed by atoms with van der Waals surface area (Å²) in [6.45, 7) is 2.72. The largest absolute Gasteiger partial charge is 0.299 e. The molecule has 2 saturated heterocycles. The van der Waals surface area contributed by atoms with E-state index in [2.05, 4.69) is 4.90 Å². The Balaban J connectivity index is 1.87. The van der Waals surface area contributed by atoms with Gasteiger partial charge in [-0.1, -0.05) is 30.5 Å². The number of hydrogen-bond donors (Lipinski definition) is 0. The topological polar surface area (TPSA) is 83.8 Å². The molecule has 2 fully saturated rings. The Morgan fingerprint density at radius 3 is 2.42 bits per heavy atom. The zero-order valence-corrected chi connectivity index (χ0v) is 16.2. The molecule has 0 N–H and O–H groups in total. The highest BCUT2D eigenvalue weighted by molar-refractivity contribution is 7.89. The van der Waals surface area contributed by atoms with Crippen molar-refractivity contribution in [3.05, 3.63) is 33.3 Å². The van der Waals surface area contributed by atoms with E-state index in [0.717, 1.165) is 38.8 Å². The molecule has 3 rings (SSSR count). The van der Waals surface area contributed by atoms with Gasteiger partial charge in [0.2, 0.25) is 0 Å². The van der Waals surface area contributed by atoms with E-state index >= 15 is 0 Å². The number of rotatable bonds is 4. The summed E-state index contributed by atoms with van der Waals surface area (Å²) in [5, 5.41) is 11.2. The van der Waals surface area contributed by atoms with Gasteiger partial charge in [0.25, 0.3) is 15.7 Å². The molecule has 9 heteroatoms. The molecule has 0 saturated carbocycles. The van der Waals surface area contributed by atoms with Crippen molar-refractivity contribution in [2.24, 2.45) is 0 Å². The number of halogens is 1. The van der Waals surface area contributed by atoms with Gasteiger partial charge in [0.1, 0.15) is 0 Å². The predicted molar refractivity (Wildman–Crippen MR) is 99.9 cm³/mol. The molecule has 0 bridgehead atoms. The summed E-state index contributed by atoms with van der Waals surface area (Å²) in [7, 11) is -4.02. The van der Waals surface area contributed by atoms with E-state index in [4.69, 9.17) is 11.6 Å². The van der Waals surface area contributed by atoms with E-state index in [1.807, 2.05) is 0 Å². The van der Waals surface area contributed by atoms with Crippen LogP contribution in [-0.2, 0) is 10.0 Å². The molecule has 0 aromatic heterocycles. The Kier molecular flexibility index (Phi) is 6.17. The smallest absolute Gasteiger partial charge is 0.290 e. The summed E-state index contributed by atoms with van der Waals surface area (Å²) in [5.74, 6) is 0. The molecule has 1 atom stereocenters. The third-order valence-corrected chi connectivity index (χ3v) is 7.64. The number of nitrogens with zero attached hydrogens (tertiary/aromatic N) is 3. The van der Waals surface area contributed by atoms with E-state index < -0.39 is 20.6 Å². The van der Waals surface area contributed by atoms with Crippen molar-refractivity contribution in [2.75, 3.05) is 26.2 Å². The lowest BCUT2D eigenvalue weighted by Crippen LogP contribution is -2.50. The highest BCUT2D eigenvalue weighted by Gasteiger charge is 2.37. The fourth-order valence-corrected chi connectivity index (χ4v) is 6.10. The molecule has 2 heterocycles. The Bertz CT molecular complexity index is 763. The molecule has 0 radical (unpaired) electrons. The van der Waals surface area contributed by atoms with Crippen LogP contribution >= 0.6 is 11.6 Å². The van der Waals surface area contributed by atoms with Gasteiger partial charge < -0.3 is 0 Å². The predicted octanol–water partition coefficient (Wildman–Crippen LogP) is 3.28. The lowest BCUT2D eigenvalue weighted by molar-refractivity contribution is -0.387. The van der Waals surface area contributed by atoms with Crippen LogP contribution in [0.25, 0.3) is 0 Å². The molecule has 1 unspecified atom stereocenters. The average molecular weight is 402 g/mol. The van der Waals surface area contributed by atoms with Crippen LogP contribution < -0.4 is 0 Å². The number of hydrogen-bond acceptors (Lipinski definition) is 5. The van der Waals surface area contributed by atoms with Crippen molar-refractivity contribution in [3.63, 3.8) is 0 Å². The Morgan fingerprint density at radius 1 is 1.08 bits per heavy atom. The molecule has 0 aliphatic carbocycles. The second kappa shape index (κ2) is 8.21. The molecule has 0 amide bonds. The maximum atomic E-state index is 13.1. The third kappa shape index (κ3) is 4.03. The van der Waals surface area contributed by atoms with Crippen LogP contribution in [0.1, 0.15) is 38.5 Å². The van der Waals surface area contributed by atoms with Crippen molar-refractivity contribution in [1.82, 2.24) is 9.21 Å². The first-order valence-corrected chi connectivity index (χ1v) is 10.9. The van der Waals surface area contributed by atoms with Crippen LogP contribution in [0.15, 0.2) is 23.1 Å². The van der Waals surface area contributed by atoms with Gasteiger partial charge >= 0.3 is 0 Å². The van der Waals surface area contributed by atoms with E-state index in [9.17, 15) is 18.5 Å². The quantitative estimate of drug-likeness (QED) is 0.571. The highest BCUT2D eigenvalue weighted by Crippen LogP contribution is 2.34. The first-order valence-electron chi connectivity index (χ1n) is 9.08. The summed E-state index contributed by atoms with van der Waals surface area (Å²) in [6.07, 6.45) is 6.42. The van der Waals surface area contributed by atoms with Gasteiger partial charge in [-0.2, -0.15) is 4.31 Å². The fourth-order valence-electron chi connectivity index (χ4n) is 3.92. The molecule has 2 aliphatic rings. The summed E-state index contributed by atoms with van der Waals surface area (Å²) < 4.78 is 27.7. The van der Waals surface area contributed by atoms with Crippen molar-refractivity contribution < 1.29 is 13.3 Å². The molecule has 144 valence electrons. The van der Waals surface area contributed by atoms with Crippen LogP contribution in [0.4, 0.5) is 5.69 Å². The van der Waals surface area contributed by atoms with Crippen molar-refractivity contribution in [3.8, 4) is 0 Å². The second-order valence-corrected chi connectivity index (χ2v) is 9.24. The SMILES string of the molecule is O=[N+]([O-])c1cccc(Cl)c1S(=O)(=O)N1CCCC(N2CCCCCC2)C1. The van der Waals surface area contributed by atoms with E-state index in [0.29, 0.717) is 13.1 Å².